The highest BCUT2D eigenvalue weighted by molar-refractivity contribution is 5.77. The molecule has 51 heavy (non-hydrogen) atoms. The maximum Gasteiger partial charge on any atom is 0.306 e. The van der Waals surface area contributed by atoms with Gasteiger partial charge in [-0.2, -0.15) is 0 Å². The van der Waals surface area contributed by atoms with Crippen LogP contribution in [0.5, 0.6) is 0 Å². The van der Waals surface area contributed by atoms with E-state index in [1.807, 2.05) is 0 Å². The third kappa shape index (κ3) is 34.7. The molecule has 3 N–H and O–H groups in total. The summed E-state index contributed by atoms with van der Waals surface area (Å²) in [6, 6.07) is -0.707. The van der Waals surface area contributed by atoms with Crippen molar-refractivity contribution >= 4 is 11.9 Å². The van der Waals surface area contributed by atoms with Gasteiger partial charge in [0.05, 0.1) is 25.2 Å². The molecule has 0 aromatic carbocycles. The van der Waals surface area contributed by atoms with E-state index in [1.54, 1.807) is 0 Å². The lowest BCUT2D eigenvalue weighted by Crippen LogP contribution is -2.46. The fraction of sp³-hybridized carbons (Fsp3) is 0.778. The van der Waals surface area contributed by atoms with Crippen LogP contribution in [-0.4, -0.2) is 46.9 Å². The molecule has 0 aliphatic carbocycles. The molecule has 0 bridgehead atoms. The topological polar surface area (TPSA) is 95.9 Å². The number of allylic oxidation sites excluding steroid dienone is 8. The van der Waals surface area contributed by atoms with Gasteiger partial charge in [-0.15, -0.1) is 0 Å². The van der Waals surface area contributed by atoms with E-state index in [2.05, 4.69) is 74.7 Å². The lowest BCUT2D eigenvalue weighted by Gasteiger charge is -2.24. The minimum Gasteiger partial charge on any atom is -0.462 e. The second kappa shape index (κ2) is 39.0. The molecule has 0 spiro atoms. The fourth-order valence-electron chi connectivity index (χ4n) is 6.13. The van der Waals surface area contributed by atoms with E-state index in [0.717, 1.165) is 103 Å². The van der Waals surface area contributed by atoms with Crippen LogP contribution in [0.15, 0.2) is 48.6 Å². The molecule has 1 amide bonds. The molecule has 6 nitrogen and oxygen atoms in total. The second-order valence-electron chi connectivity index (χ2n) is 14.4. The number of nitrogens with one attached hydrogen (secondary N) is 1. The van der Waals surface area contributed by atoms with Gasteiger partial charge in [-0.25, -0.2) is 0 Å². The van der Waals surface area contributed by atoms with Crippen molar-refractivity contribution in [2.45, 2.75) is 219 Å². The Labute approximate surface area is 315 Å². The van der Waals surface area contributed by atoms with Gasteiger partial charge in [0.15, 0.2) is 0 Å². The number of aliphatic hydroxyl groups excluding tert-OH is 2. The predicted octanol–water partition coefficient (Wildman–Crippen LogP) is 11.9. The number of hydrogen-bond acceptors (Lipinski definition) is 5. The minimum absolute atomic E-state index is 0.0564. The number of carbonyl (C=O) groups is 2. The molecule has 0 radical (unpaired) electrons. The molecule has 296 valence electrons. The average molecular weight is 716 g/mol. The van der Waals surface area contributed by atoms with Crippen LogP contribution in [0.25, 0.3) is 0 Å². The van der Waals surface area contributed by atoms with Crippen LogP contribution in [-0.2, 0) is 14.3 Å². The number of esters is 1. The zero-order valence-corrected chi connectivity index (χ0v) is 33.5. The first-order valence-electron chi connectivity index (χ1n) is 21.4. The quantitative estimate of drug-likeness (QED) is 0.0338. The predicted molar refractivity (Wildman–Crippen MR) is 218 cm³/mol. The lowest BCUT2D eigenvalue weighted by atomic mass is 10.0. The Hall–Kier alpha value is -2.18. The number of carbonyl (C=O) groups excluding carboxylic acids is 2. The molecule has 0 aromatic heterocycles. The first-order chi connectivity index (χ1) is 25.0. The number of unbranched alkanes of at least 4 members (excludes halogenated alkanes) is 17. The molecule has 0 heterocycles. The monoisotopic (exact) mass is 716 g/mol. The average Bonchev–Trinajstić information content (AvgIpc) is 3.12. The van der Waals surface area contributed by atoms with Crippen molar-refractivity contribution in [2.24, 2.45) is 0 Å². The van der Waals surface area contributed by atoms with Gasteiger partial charge in [-0.1, -0.05) is 159 Å². The van der Waals surface area contributed by atoms with Gasteiger partial charge in [0, 0.05) is 6.42 Å². The third-order valence-electron chi connectivity index (χ3n) is 9.39. The van der Waals surface area contributed by atoms with Gasteiger partial charge in [0.25, 0.3) is 0 Å². The zero-order chi connectivity index (χ0) is 37.5. The Morgan fingerprint density at radius 3 is 1.71 bits per heavy atom. The van der Waals surface area contributed by atoms with Crippen LogP contribution >= 0.6 is 0 Å². The largest absolute Gasteiger partial charge is 0.462 e. The molecule has 0 saturated carbocycles. The number of rotatable bonds is 37. The highest BCUT2D eigenvalue weighted by Crippen LogP contribution is 2.16. The van der Waals surface area contributed by atoms with Gasteiger partial charge >= 0.3 is 5.97 Å². The van der Waals surface area contributed by atoms with E-state index >= 15 is 0 Å². The Bertz CT molecular complexity index is 895. The summed E-state index contributed by atoms with van der Waals surface area (Å²) in [6.07, 6.45) is 44.6. The van der Waals surface area contributed by atoms with Crippen LogP contribution in [0.3, 0.4) is 0 Å². The van der Waals surface area contributed by atoms with E-state index in [1.165, 1.54) is 51.4 Å². The molecular formula is C45H81NO5. The van der Waals surface area contributed by atoms with Crippen molar-refractivity contribution in [2.75, 3.05) is 6.61 Å². The Kier molecular flexibility index (Phi) is 37.4. The molecule has 0 aliphatic heterocycles. The maximum absolute atomic E-state index is 13.0. The highest BCUT2D eigenvalue weighted by Gasteiger charge is 2.24. The summed E-state index contributed by atoms with van der Waals surface area (Å²) < 4.78 is 5.85. The van der Waals surface area contributed by atoms with Gasteiger partial charge in [0.2, 0.25) is 5.91 Å². The molecule has 0 aliphatic rings. The summed E-state index contributed by atoms with van der Waals surface area (Å²) in [4.78, 5) is 25.8. The summed E-state index contributed by atoms with van der Waals surface area (Å²) in [6.45, 7) is 6.27. The SMILES string of the molecule is CC/C=C/C/C=C/C/C=C/CCCCCCC(=O)OC(CCCCC/C=C\CCCC)CC(=O)NC(CO)C(O)CCCCCCCCCCC. The molecule has 0 rings (SSSR count). The second-order valence-corrected chi connectivity index (χ2v) is 14.4. The van der Waals surface area contributed by atoms with Crippen molar-refractivity contribution in [3.63, 3.8) is 0 Å². The van der Waals surface area contributed by atoms with Crippen molar-refractivity contribution in [3.8, 4) is 0 Å². The molecule has 0 aromatic rings. The highest BCUT2D eigenvalue weighted by atomic mass is 16.5. The van der Waals surface area contributed by atoms with Crippen LogP contribution in [0.1, 0.15) is 201 Å². The van der Waals surface area contributed by atoms with Crippen molar-refractivity contribution in [1.82, 2.24) is 5.32 Å². The maximum atomic E-state index is 13.0. The van der Waals surface area contributed by atoms with Crippen LogP contribution in [0, 0.1) is 0 Å². The number of aliphatic hydroxyl groups is 2. The standard InChI is InChI=1S/C45H81NO5/c1-4-7-10-13-16-19-20-21-22-23-26-29-32-35-38-45(50)51-41(36-33-30-27-24-17-14-11-8-5-2)39-44(49)46-42(40-47)43(48)37-34-31-28-25-18-15-12-9-6-3/h7,10,14,16-17,19,21-22,41-43,47-48H,4-6,8-9,11-13,15,18,20,23-40H2,1-3H3,(H,46,49)/b10-7+,17-14-,19-16+,22-21+. The third-order valence-corrected chi connectivity index (χ3v) is 9.39. The first kappa shape index (κ1) is 48.8. The van der Waals surface area contributed by atoms with Gasteiger partial charge in [-0.05, 0) is 77.0 Å². The van der Waals surface area contributed by atoms with Gasteiger partial charge < -0.3 is 20.3 Å². The van der Waals surface area contributed by atoms with Crippen molar-refractivity contribution in [1.29, 1.82) is 0 Å². The van der Waals surface area contributed by atoms with Crippen molar-refractivity contribution < 1.29 is 24.5 Å². The zero-order valence-electron chi connectivity index (χ0n) is 33.5. The number of hydrogen-bond donors (Lipinski definition) is 3. The van der Waals surface area contributed by atoms with Crippen LogP contribution in [0.4, 0.5) is 0 Å². The van der Waals surface area contributed by atoms with Crippen molar-refractivity contribution in [3.05, 3.63) is 48.6 Å². The Morgan fingerprint density at radius 1 is 0.588 bits per heavy atom. The van der Waals surface area contributed by atoms with E-state index in [-0.39, 0.29) is 24.9 Å². The van der Waals surface area contributed by atoms with Gasteiger partial charge in [0.1, 0.15) is 6.10 Å². The molecular weight excluding hydrogens is 634 g/mol. The number of ether oxygens (including phenoxy) is 1. The van der Waals surface area contributed by atoms with E-state index < -0.39 is 18.2 Å². The summed E-state index contributed by atoms with van der Waals surface area (Å²) in [7, 11) is 0. The molecule has 0 fully saturated rings. The summed E-state index contributed by atoms with van der Waals surface area (Å²) in [5.41, 5.74) is 0. The molecule has 3 unspecified atom stereocenters. The first-order valence-corrected chi connectivity index (χ1v) is 21.4. The summed E-state index contributed by atoms with van der Waals surface area (Å²) in [5.74, 6) is -0.523. The molecule has 3 atom stereocenters. The van der Waals surface area contributed by atoms with E-state index in [0.29, 0.717) is 19.3 Å². The Morgan fingerprint density at radius 2 is 1.08 bits per heavy atom. The lowest BCUT2D eigenvalue weighted by molar-refractivity contribution is -0.151. The number of amides is 1. The van der Waals surface area contributed by atoms with Crippen LogP contribution < -0.4 is 5.32 Å². The van der Waals surface area contributed by atoms with Gasteiger partial charge in [-0.3, -0.25) is 9.59 Å². The smallest absolute Gasteiger partial charge is 0.306 e. The molecule has 0 saturated heterocycles. The molecule has 6 heteroatoms. The van der Waals surface area contributed by atoms with Crippen LogP contribution in [0.2, 0.25) is 0 Å². The normalized spacial score (nSPS) is 13.9. The summed E-state index contributed by atoms with van der Waals surface area (Å²) >= 11 is 0. The Balaban J connectivity index is 4.61. The van der Waals surface area contributed by atoms with E-state index in [4.69, 9.17) is 4.74 Å². The van der Waals surface area contributed by atoms with E-state index in [9.17, 15) is 19.8 Å². The fourth-order valence-corrected chi connectivity index (χ4v) is 6.13. The minimum atomic E-state index is -0.791. The summed E-state index contributed by atoms with van der Waals surface area (Å²) in [5, 5.41) is 23.5.